The fourth-order valence-electron chi connectivity index (χ4n) is 2.98. The van der Waals surface area contributed by atoms with Gasteiger partial charge in [-0.25, -0.2) is 12.7 Å². The third-order valence-corrected chi connectivity index (χ3v) is 6.67. The summed E-state index contributed by atoms with van der Waals surface area (Å²) in [6.07, 6.45) is -0.824. The first-order chi connectivity index (χ1) is 11.1. The van der Waals surface area contributed by atoms with Crippen molar-refractivity contribution < 1.29 is 18.3 Å². The highest BCUT2D eigenvalue weighted by molar-refractivity contribution is 7.89. The second kappa shape index (κ2) is 6.82. The average molecular weight is 354 g/mol. The van der Waals surface area contributed by atoms with Crippen LogP contribution in [0.25, 0.3) is 0 Å². The van der Waals surface area contributed by atoms with E-state index in [4.69, 9.17) is 0 Å². The van der Waals surface area contributed by atoms with E-state index in [0.29, 0.717) is 0 Å². The van der Waals surface area contributed by atoms with Crippen molar-refractivity contribution in [3.8, 4) is 0 Å². The van der Waals surface area contributed by atoms with Crippen molar-refractivity contribution in [2.75, 3.05) is 32.9 Å². The quantitative estimate of drug-likeness (QED) is 0.843. The van der Waals surface area contributed by atoms with Gasteiger partial charge in [-0.1, -0.05) is 30.3 Å². The Morgan fingerprint density at radius 1 is 1.25 bits per heavy atom. The van der Waals surface area contributed by atoms with Crippen LogP contribution in [0, 0.1) is 5.92 Å². The maximum absolute atomic E-state index is 12.9. The summed E-state index contributed by atoms with van der Waals surface area (Å²) < 4.78 is 25.2. The van der Waals surface area contributed by atoms with Crippen molar-refractivity contribution in [1.82, 2.24) is 9.21 Å². The molecule has 0 saturated carbocycles. The standard InChI is InChI=1S/C17H26N2O4S/c1-17(2,14-8-6-5-7-9-14)16(21)19-10-13(15(20)11-19)12-24(22,23)18(3)4/h5-9,13,15,20H,10-12H2,1-4H3. The number of sulfonamides is 1. The van der Waals surface area contributed by atoms with E-state index in [1.165, 1.54) is 14.1 Å². The molecule has 2 unspecified atom stereocenters. The molecular weight excluding hydrogens is 328 g/mol. The molecule has 1 aromatic carbocycles. The summed E-state index contributed by atoms with van der Waals surface area (Å²) in [7, 11) is -0.475. The largest absolute Gasteiger partial charge is 0.391 e. The zero-order chi connectivity index (χ0) is 18.1. The van der Waals surface area contributed by atoms with Crippen LogP contribution in [0.15, 0.2) is 30.3 Å². The Kier molecular flexibility index (Phi) is 5.37. The molecule has 2 atom stereocenters. The first-order valence-corrected chi connectivity index (χ1v) is 9.60. The molecule has 1 heterocycles. The van der Waals surface area contributed by atoms with Crippen molar-refractivity contribution in [2.45, 2.75) is 25.4 Å². The molecule has 1 fully saturated rings. The molecule has 24 heavy (non-hydrogen) atoms. The number of amides is 1. The van der Waals surface area contributed by atoms with Crippen LogP contribution in [0.1, 0.15) is 19.4 Å². The van der Waals surface area contributed by atoms with Crippen LogP contribution >= 0.6 is 0 Å². The SMILES string of the molecule is CN(C)S(=O)(=O)CC1CN(C(=O)C(C)(C)c2ccccc2)CC1O. The van der Waals surface area contributed by atoms with Crippen LogP contribution in [-0.2, 0) is 20.2 Å². The highest BCUT2D eigenvalue weighted by Gasteiger charge is 2.42. The minimum absolute atomic E-state index is 0.0995. The van der Waals surface area contributed by atoms with Gasteiger partial charge in [-0.3, -0.25) is 4.79 Å². The van der Waals surface area contributed by atoms with Gasteiger partial charge in [0.2, 0.25) is 15.9 Å². The number of aliphatic hydroxyl groups excluding tert-OH is 1. The lowest BCUT2D eigenvalue weighted by atomic mass is 9.83. The van der Waals surface area contributed by atoms with Crippen LogP contribution in [0.5, 0.6) is 0 Å². The molecule has 0 bridgehead atoms. The van der Waals surface area contributed by atoms with Gasteiger partial charge in [-0.05, 0) is 19.4 Å². The fraction of sp³-hybridized carbons (Fsp3) is 0.588. The lowest BCUT2D eigenvalue weighted by Gasteiger charge is -2.29. The Bertz CT molecular complexity index is 686. The summed E-state index contributed by atoms with van der Waals surface area (Å²) in [5.74, 6) is -0.720. The minimum atomic E-state index is -3.42. The number of rotatable bonds is 5. The van der Waals surface area contributed by atoms with Crippen molar-refractivity contribution in [2.24, 2.45) is 5.92 Å². The molecule has 1 N–H and O–H groups in total. The highest BCUT2D eigenvalue weighted by atomic mass is 32.2. The summed E-state index contributed by atoms with van der Waals surface area (Å²) in [6, 6.07) is 9.47. The number of carbonyl (C=O) groups is 1. The van der Waals surface area contributed by atoms with E-state index in [2.05, 4.69) is 0 Å². The first-order valence-electron chi connectivity index (χ1n) is 7.99. The zero-order valence-electron chi connectivity index (χ0n) is 14.6. The maximum Gasteiger partial charge on any atom is 0.232 e. The van der Waals surface area contributed by atoms with Crippen LogP contribution in [0.4, 0.5) is 0 Å². The topological polar surface area (TPSA) is 77.9 Å². The van der Waals surface area contributed by atoms with Gasteiger partial charge in [0.15, 0.2) is 0 Å². The Morgan fingerprint density at radius 3 is 2.38 bits per heavy atom. The molecule has 1 saturated heterocycles. The number of carbonyl (C=O) groups excluding carboxylic acids is 1. The number of benzene rings is 1. The molecule has 7 heteroatoms. The predicted octanol–water partition coefficient (Wildman–Crippen LogP) is 0.675. The van der Waals surface area contributed by atoms with E-state index in [1.807, 2.05) is 44.2 Å². The van der Waals surface area contributed by atoms with Gasteiger partial charge in [-0.15, -0.1) is 0 Å². The molecule has 0 spiro atoms. The van der Waals surface area contributed by atoms with E-state index in [0.717, 1.165) is 9.87 Å². The average Bonchev–Trinajstić information content (AvgIpc) is 2.87. The van der Waals surface area contributed by atoms with E-state index >= 15 is 0 Å². The van der Waals surface area contributed by atoms with Gasteiger partial charge in [0.25, 0.3) is 0 Å². The number of aliphatic hydroxyl groups is 1. The Labute approximate surface area is 144 Å². The second-order valence-electron chi connectivity index (χ2n) is 7.09. The first kappa shape index (κ1) is 18.9. The number of hydrogen-bond acceptors (Lipinski definition) is 4. The van der Waals surface area contributed by atoms with Crippen LogP contribution in [0.2, 0.25) is 0 Å². The van der Waals surface area contributed by atoms with Crippen LogP contribution < -0.4 is 0 Å². The lowest BCUT2D eigenvalue weighted by molar-refractivity contribution is -0.135. The van der Waals surface area contributed by atoms with E-state index in [1.54, 1.807) is 4.90 Å². The van der Waals surface area contributed by atoms with E-state index in [9.17, 15) is 18.3 Å². The Morgan fingerprint density at radius 2 is 1.83 bits per heavy atom. The number of β-amino-alcohol motifs (C(OH)–C–C–N with tert-alkyl or cyclic N) is 1. The van der Waals surface area contributed by atoms with Crippen molar-refractivity contribution in [3.63, 3.8) is 0 Å². The summed E-state index contributed by atoms with van der Waals surface area (Å²) in [4.78, 5) is 14.5. The zero-order valence-corrected chi connectivity index (χ0v) is 15.5. The van der Waals surface area contributed by atoms with Crippen molar-refractivity contribution in [1.29, 1.82) is 0 Å². The molecule has 1 aliphatic heterocycles. The van der Waals surface area contributed by atoms with Gasteiger partial charge in [0, 0.05) is 33.1 Å². The van der Waals surface area contributed by atoms with Crippen molar-refractivity contribution >= 4 is 15.9 Å². The normalized spacial score (nSPS) is 22.2. The highest BCUT2D eigenvalue weighted by Crippen LogP contribution is 2.29. The summed E-state index contributed by atoms with van der Waals surface area (Å²) in [5.41, 5.74) is 0.171. The number of hydrogen-bond donors (Lipinski definition) is 1. The molecule has 134 valence electrons. The molecule has 6 nitrogen and oxygen atoms in total. The molecule has 1 aromatic rings. The van der Waals surface area contributed by atoms with Gasteiger partial charge in [0.1, 0.15) is 0 Å². The van der Waals surface area contributed by atoms with Gasteiger partial charge < -0.3 is 10.0 Å². The number of nitrogens with zero attached hydrogens (tertiary/aromatic N) is 2. The van der Waals surface area contributed by atoms with Crippen LogP contribution in [0.3, 0.4) is 0 Å². The summed E-state index contributed by atoms with van der Waals surface area (Å²) >= 11 is 0. The van der Waals surface area contributed by atoms with E-state index in [-0.39, 0.29) is 24.7 Å². The van der Waals surface area contributed by atoms with Crippen LogP contribution in [-0.4, -0.2) is 67.7 Å². The van der Waals surface area contributed by atoms with E-state index < -0.39 is 27.5 Å². The molecule has 0 aromatic heterocycles. The maximum atomic E-state index is 12.9. The molecule has 1 aliphatic rings. The monoisotopic (exact) mass is 354 g/mol. The molecule has 0 aliphatic carbocycles. The minimum Gasteiger partial charge on any atom is -0.391 e. The Balaban J connectivity index is 2.13. The Hall–Kier alpha value is -1.44. The fourth-order valence-corrected chi connectivity index (χ4v) is 4.14. The molecule has 2 rings (SSSR count). The molecule has 0 radical (unpaired) electrons. The lowest BCUT2D eigenvalue weighted by Crippen LogP contribution is -2.43. The summed E-state index contributed by atoms with van der Waals surface area (Å²) in [5, 5.41) is 10.2. The van der Waals surface area contributed by atoms with Gasteiger partial charge >= 0.3 is 0 Å². The van der Waals surface area contributed by atoms with Crippen molar-refractivity contribution in [3.05, 3.63) is 35.9 Å². The third kappa shape index (κ3) is 3.79. The molecule has 1 amide bonds. The van der Waals surface area contributed by atoms with Gasteiger partial charge in [0.05, 0.1) is 17.3 Å². The molecular formula is C17H26N2O4S. The van der Waals surface area contributed by atoms with Gasteiger partial charge in [-0.2, -0.15) is 0 Å². The summed E-state index contributed by atoms with van der Waals surface area (Å²) in [6.45, 7) is 4.12. The predicted molar refractivity (Wildman–Crippen MR) is 93.0 cm³/mol. The smallest absolute Gasteiger partial charge is 0.232 e. The second-order valence-corrected chi connectivity index (χ2v) is 9.32. The number of likely N-dealkylation sites (tertiary alicyclic amines) is 1. The third-order valence-electron chi connectivity index (χ3n) is 4.70.